The smallest absolute Gasteiger partial charge is 0.548 e. The van der Waals surface area contributed by atoms with Crippen molar-refractivity contribution < 1.29 is 46.2 Å². The summed E-state index contributed by atoms with van der Waals surface area (Å²) in [5.41, 5.74) is -0.223. The fourth-order valence-corrected chi connectivity index (χ4v) is 6.45. The molecule has 2 heterocycles. The van der Waals surface area contributed by atoms with E-state index in [9.17, 15) is 46.2 Å². The topological polar surface area (TPSA) is 189 Å². The second-order valence-electron chi connectivity index (χ2n) is 7.21. The van der Waals surface area contributed by atoms with Gasteiger partial charge in [0.2, 0.25) is 20.0 Å². The molecule has 2 aromatic rings. The molecule has 0 fully saturated rings. The number of ketones is 2. The van der Waals surface area contributed by atoms with Crippen molar-refractivity contribution in [2.75, 3.05) is 14.1 Å². The molecule has 4 rings (SSSR count). The van der Waals surface area contributed by atoms with Crippen molar-refractivity contribution in [1.82, 2.24) is 8.61 Å². The maximum atomic E-state index is 11.9. The van der Waals surface area contributed by atoms with Crippen LogP contribution in [-0.2, 0) is 29.6 Å². The molecule has 2 aromatic carbocycles. The molecular weight excluding hydrogens is 517 g/mol. The Kier molecular flexibility index (Phi) is 8.25. The van der Waals surface area contributed by atoms with Gasteiger partial charge in [0.25, 0.3) is 0 Å². The van der Waals surface area contributed by atoms with E-state index in [4.69, 9.17) is 0 Å². The van der Waals surface area contributed by atoms with Crippen molar-refractivity contribution in [1.29, 1.82) is 0 Å². The van der Waals surface area contributed by atoms with Gasteiger partial charge in [-0.05, 0) is 24.3 Å². The fraction of sp³-hybridized carbons (Fsp3) is 0.200. The number of carbonyl (C=O) groups is 4. The molecule has 2 aliphatic heterocycles. The number of Topliss-reactive ketones (excluding diaryl/α,β-unsaturated/α-hetero) is 2. The number of rotatable bonds is 2. The predicted octanol–water partition coefficient (Wildman–Crippen LogP) is -3.14. The Morgan fingerprint density at radius 2 is 0.971 bits per heavy atom. The third kappa shape index (κ3) is 4.74. The normalized spacial score (nSPS) is 22.5. The predicted molar refractivity (Wildman–Crippen MR) is 115 cm³/mol. The summed E-state index contributed by atoms with van der Waals surface area (Å²) in [7, 11) is -5.82. The molecule has 15 heteroatoms. The summed E-state index contributed by atoms with van der Waals surface area (Å²) in [6.07, 6.45) is 0. The molecule has 0 bridgehead atoms. The first kappa shape index (κ1) is 28.5. The van der Waals surface area contributed by atoms with Gasteiger partial charge in [0.1, 0.15) is 12.1 Å². The largest absolute Gasteiger partial charge is 2.00 e. The number of nitrogens with zero attached hydrogens (tertiary/aromatic N) is 2. The number of benzene rings is 2. The van der Waals surface area contributed by atoms with Gasteiger partial charge in [0.15, 0.2) is 11.6 Å². The van der Waals surface area contributed by atoms with Crippen LogP contribution in [0.3, 0.4) is 0 Å². The maximum Gasteiger partial charge on any atom is 2.00 e. The van der Waals surface area contributed by atoms with Crippen LogP contribution in [0.25, 0.3) is 0 Å². The van der Waals surface area contributed by atoms with Crippen LogP contribution in [0.4, 0.5) is 0 Å². The number of aliphatic carboxylic acids is 2. The van der Waals surface area contributed by atoms with Gasteiger partial charge in [-0.25, -0.2) is 16.8 Å². The number of carboxylic acid groups (broad SMARTS) is 2. The number of hydrogen-bond donors (Lipinski definition) is 0. The SMILES string of the molecule is CN1C(C(=O)[O-])C(=O)c2ccccc2S1(=O)=O.CN1C(C(=O)[O-])C(=O)c2ccccc2S1(=O)=O.[Mg+2]. The van der Waals surface area contributed by atoms with E-state index in [-0.39, 0.29) is 44.0 Å². The summed E-state index contributed by atoms with van der Waals surface area (Å²) < 4.78 is 48.8. The van der Waals surface area contributed by atoms with Crippen LogP contribution >= 0.6 is 0 Å². The molecule has 2 atom stereocenters. The van der Waals surface area contributed by atoms with Gasteiger partial charge in [-0.15, -0.1) is 0 Å². The van der Waals surface area contributed by atoms with Crippen LogP contribution in [-0.4, -0.2) is 98.2 Å². The van der Waals surface area contributed by atoms with E-state index in [0.29, 0.717) is 8.61 Å². The molecule has 2 aliphatic rings. The van der Waals surface area contributed by atoms with Crippen molar-refractivity contribution in [2.24, 2.45) is 0 Å². The maximum absolute atomic E-state index is 11.9. The molecule has 0 N–H and O–H groups in total. The number of carboxylic acids is 2. The number of sulfonamides is 2. The average molecular weight is 533 g/mol. The van der Waals surface area contributed by atoms with Crippen LogP contribution in [0.5, 0.6) is 0 Å². The van der Waals surface area contributed by atoms with E-state index >= 15 is 0 Å². The van der Waals surface area contributed by atoms with Crippen LogP contribution in [0, 0.1) is 0 Å². The Morgan fingerprint density at radius 1 is 0.686 bits per heavy atom. The van der Waals surface area contributed by atoms with Crippen LogP contribution in [0.1, 0.15) is 20.7 Å². The van der Waals surface area contributed by atoms with E-state index in [1.165, 1.54) is 48.5 Å². The Morgan fingerprint density at radius 3 is 1.26 bits per heavy atom. The van der Waals surface area contributed by atoms with Crippen molar-refractivity contribution in [3.63, 3.8) is 0 Å². The van der Waals surface area contributed by atoms with E-state index in [1.807, 2.05) is 0 Å². The summed E-state index contributed by atoms with van der Waals surface area (Å²) >= 11 is 0. The Bertz CT molecular complexity index is 1330. The zero-order valence-corrected chi connectivity index (χ0v) is 21.3. The number of carbonyl (C=O) groups excluding carboxylic acids is 4. The standard InChI is InChI=1S/2C10H9NO5S.Mg/c2*1-11-8(10(13)14)9(12)6-4-2-3-5-7(6)17(11,15)16;/h2*2-5,8H,1H3,(H,13,14);/q;;+2/p-2. The molecular formula is C20H16MgN2O10S2. The van der Waals surface area contributed by atoms with Crippen molar-refractivity contribution in [3.05, 3.63) is 59.7 Å². The molecule has 2 unspecified atom stereocenters. The minimum absolute atomic E-state index is 0. The molecule has 12 nitrogen and oxygen atoms in total. The third-order valence-corrected chi connectivity index (χ3v) is 9.05. The number of likely N-dealkylation sites (N-methyl/N-ethyl adjacent to an activating group) is 2. The molecule has 0 radical (unpaired) electrons. The summed E-state index contributed by atoms with van der Waals surface area (Å²) in [5, 5.41) is 21.7. The van der Waals surface area contributed by atoms with Crippen molar-refractivity contribution in [2.45, 2.75) is 21.9 Å². The monoisotopic (exact) mass is 532 g/mol. The molecule has 0 saturated heterocycles. The summed E-state index contributed by atoms with van der Waals surface area (Å²) in [4.78, 5) is 45.0. The van der Waals surface area contributed by atoms with Crippen LogP contribution in [0.15, 0.2) is 58.3 Å². The molecule has 35 heavy (non-hydrogen) atoms. The first-order valence-corrected chi connectivity index (χ1v) is 12.3. The van der Waals surface area contributed by atoms with Gasteiger partial charge in [-0.3, -0.25) is 9.59 Å². The molecule has 0 aromatic heterocycles. The number of fused-ring (bicyclic) bond motifs is 2. The first-order valence-electron chi connectivity index (χ1n) is 9.39. The van der Waals surface area contributed by atoms with Gasteiger partial charge in [0.05, 0.1) is 21.7 Å². The molecule has 0 aliphatic carbocycles. The van der Waals surface area contributed by atoms with Crippen molar-refractivity contribution >= 4 is 66.6 Å². The summed E-state index contributed by atoms with van der Waals surface area (Å²) in [6, 6.07) is 7.41. The quantitative estimate of drug-likeness (QED) is 0.282. The summed E-state index contributed by atoms with van der Waals surface area (Å²) in [6.45, 7) is 0. The average Bonchev–Trinajstić information content (AvgIpc) is 2.77. The second kappa shape index (κ2) is 10.1. The van der Waals surface area contributed by atoms with E-state index < -0.39 is 55.6 Å². The third-order valence-electron chi connectivity index (χ3n) is 5.29. The summed E-state index contributed by atoms with van der Waals surface area (Å²) in [5.74, 6) is -5.01. The second-order valence-corrected chi connectivity index (χ2v) is 11.1. The molecule has 0 saturated carbocycles. The van der Waals surface area contributed by atoms with E-state index in [0.717, 1.165) is 14.1 Å². The molecule has 0 spiro atoms. The minimum Gasteiger partial charge on any atom is -0.548 e. The van der Waals surface area contributed by atoms with Crippen molar-refractivity contribution in [3.8, 4) is 0 Å². The zero-order chi connectivity index (χ0) is 25.6. The van der Waals surface area contributed by atoms with Gasteiger partial charge in [-0.2, -0.15) is 8.61 Å². The van der Waals surface area contributed by atoms with Gasteiger partial charge >= 0.3 is 23.1 Å². The molecule has 0 amide bonds. The minimum atomic E-state index is -3.96. The fourth-order valence-electron chi connectivity index (χ4n) is 3.51. The van der Waals surface area contributed by atoms with Gasteiger partial charge in [0, 0.05) is 25.2 Å². The van der Waals surface area contributed by atoms with E-state index in [1.54, 1.807) is 0 Å². The Hall–Kier alpha value is -2.69. The van der Waals surface area contributed by atoms with Crippen LogP contribution < -0.4 is 10.2 Å². The van der Waals surface area contributed by atoms with E-state index in [2.05, 4.69) is 0 Å². The van der Waals surface area contributed by atoms with Gasteiger partial charge < -0.3 is 19.8 Å². The molecule has 180 valence electrons. The number of hydrogen-bond acceptors (Lipinski definition) is 10. The zero-order valence-electron chi connectivity index (χ0n) is 18.3. The first-order chi connectivity index (χ1) is 15.7. The van der Waals surface area contributed by atoms with Crippen LogP contribution in [0.2, 0.25) is 0 Å². The Balaban J connectivity index is 0.000000240. The van der Waals surface area contributed by atoms with Gasteiger partial charge in [-0.1, -0.05) is 24.3 Å². The Labute approximate surface area is 216 Å².